The van der Waals surface area contributed by atoms with E-state index in [9.17, 15) is 18.4 Å². The van der Waals surface area contributed by atoms with Crippen LogP contribution in [0.1, 0.15) is 33.0 Å². The third-order valence-corrected chi connectivity index (χ3v) is 7.28. The first kappa shape index (κ1) is 26.6. The molecular formula is C26H30F2N8O3. The summed E-state index contributed by atoms with van der Waals surface area (Å²) in [5.74, 6) is -1.02. The molecule has 2 amide bonds. The van der Waals surface area contributed by atoms with E-state index in [1.54, 1.807) is 6.92 Å². The van der Waals surface area contributed by atoms with Crippen LogP contribution in [0.2, 0.25) is 0 Å². The summed E-state index contributed by atoms with van der Waals surface area (Å²) in [7, 11) is 0. The molecule has 2 aliphatic rings. The number of ether oxygens (including phenoxy) is 1. The lowest BCUT2D eigenvalue weighted by Crippen LogP contribution is -2.64. The van der Waals surface area contributed by atoms with Crippen LogP contribution in [-0.2, 0) is 22.6 Å². The van der Waals surface area contributed by atoms with Gasteiger partial charge in [0.25, 0.3) is 0 Å². The fraction of sp³-hybridized carbons (Fsp3) is 0.462. The Kier molecular flexibility index (Phi) is 7.25. The zero-order valence-electron chi connectivity index (χ0n) is 22.0. The van der Waals surface area contributed by atoms with E-state index in [0.717, 1.165) is 24.4 Å². The van der Waals surface area contributed by atoms with Gasteiger partial charge < -0.3 is 15.0 Å². The van der Waals surface area contributed by atoms with Crippen LogP contribution in [0, 0.1) is 17.6 Å². The van der Waals surface area contributed by atoms with E-state index in [1.165, 1.54) is 18.7 Å². The van der Waals surface area contributed by atoms with E-state index < -0.39 is 23.2 Å². The minimum absolute atomic E-state index is 0.00713. The van der Waals surface area contributed by atoms with Crippen molar-refractivity contribution in [3.8, 4) is 11.6 Å². The molecule has 13 heteroatoms. The monoisotopic (exact) mass is 540 g/mol. The van der Waals surface area contributed by atoms with Crippen LogP contribution in [0.15, 0.2) is 36.9 Å². The molecule has 206 valence electrons. The normalized spacial score (nSPS) is 19.7. The number of aromatic nitrogens is 5. The lowest BCUT2D eigenvalue weighted by atomic mass is 9.91. The van der Waals surface area contributed by atoms with Gasteiger partial charge in [0, 0.05) is 44.6 Å². The maximum Gasteiger partial charge on any atom is 0.242 e. The number of benzene rings is 1. The van der Waals surface area contributed by atoms with Crippen molar-refractivity contribution in [2.24, 2.45) is 5.92 Å². The van der Waals surface area contributed by atoms with Crippen molar-refractivity contribution >= 4 is 17.6 Å². The van der Waals surface area contributed by atoms with Crippen LogP contribution in [0.25, 0.3) is 0 Å². The number of rotatable bonds is 6. The van der Waals surface area contributed by atoms with Gasteiger partial charge in [-0.1, -0.05) is 0 Å². The average Bonchev–Trinajstić information content (AvgIpc) is 3.38. The van der Waals surface area contributed by atoms with Crippen LogP contribution < -0.4 is 10.1 Å². The Morgan fingerprint density at radius 1 is 1.13 bits per heavy atom. The van der Waals surface area contributed by atoms with Gasteiger partial charge in [0.2, 0.25) is 17.7 Å². The van der Waals surface area contributed by atoms with Gasteiger partial charge >= 0.3 is 0 Å². The first-order valence-corrected chi connectivity index (χ1v) is 12.8. The molecule has 2 aromatic heterocycles. The highest BCUT2D eigenvalue weighted by Crippen LogP contribution is 2.28. The quantitative estimate of drug-likeness (QED) is 0.507. The lowest BCUT2D eigenvalue weighted by Gasteiger charge is -2.49. The summed E-state index contributed by atoms with van der Waals surface area (Å²) in [6, 6.07) is 2.45. The highest BCUT2D eigenvalue weighted by molar-refractivity contribution is 5.93. The molecule has 0 radical (unpaired) electrons. The average molecular weight is 541 g/mol. The molecule has 39 heavy (non-hydrogen) atoms. The second-order valence-electron chi connectivity index (χ2n) is 10.4. The van der Waals surface area contributed by atoms with Crippen molar-refractivity contribution < 1.29 is 23.1 Å². The number of carbonyl (C=O) groups is 2. The number of anilines is 1. The van der Waals surface area contributed by atoms with Crippen molar-refractivity contribution in [3.63, 3.8) is 0 Å². The zero-order chi connectivity index (χ0) is 27.7. The van der Waals surface area contributed by atoms with Gasteiger partial charge in [0.15, 0.2) is 17.4 Å². The Bertz CT molecular complexity index is 1360. The van der Waals surface area contributed by atoms with Gasteiger partial charge in [-0.25, -0.2) is 23.7 Å². The minimum atomic E-state index is -0.865. The zero-order valence-corrected chi connectivity index (χ0v) is 22.0. The van der Waals surface area contributed by atoms with Crippen molar-refractivity contribution in [1.82, 2.24) is 34.5 Å². The molecule has 1 aromatic carbocycles. The van der Waals surface area contributed by atoms with Crippen molar-refractivity contribution in [3.05, 3.63) is 54.4 Å². The molecule has 0 unspecified atom stereocenters. The Balaban J connectivity index is 1.16. The number of carbonyl (C=O) groups excluding carboxylic acids is 2. The Morgan fingerprint density at radius 2 is 1.95 bits per heavy atom. The predicted molar refractivity (Wildman–Crippen MR) is 136 cm³/mol. The van der Waals surface area contributed by atoms with Crippen LogP contribution in [0.5, 0.6) is 11.6 Å². The minimum Gasteiger partial charge on any atom is -0.434 e. The van der Waals surface area contributed by atoms with Gasteiger partial charge in [-0.05, 0) is 39.3 Å². The van der Waals surface area contributed by atoms with Crippen molar-refractivity contribution in [2.45, 2.75) is 51.7 Å². The highest BCUT2D eigenvalue weighted by atomic mass is 19.1. The Labute approximate surface area is 224 Å². The standard InChI is InChI=1S/C26H30F2N8O3/c1-16(24(37)33-21-12-30-23(13-29-21)39-20-5-4-18(27)11-19(20)28)34-8-9-35(26(2,3)14-34)25(38)17-6-7-36-22(10-17)31-15-32-36/h4-5,11-13,15-17H,6-10,14H2,1-3H3,(H,29,33,37)/t16-,17+/m0/s1. The number of amides is 2. The molecule has 0 bridgehead atoms. The molecule has 5 rings (SSSR count). The third kappa shape index (κ3) is 5.72. The first-order valence-electron chi connectivity index (χ1n) is 12.8. The van der Waals surface area contributed by atoms with Crippen LogP contribution in [0.4, 0.5) is 14.6 Å². The topological polar surface area (TPSA) is 118 Å². The van der Waals surface area contributed by atoms with E-state index >= 15 is 0 Å². The number of nitrogens with one attached hydrogen (secondary N) is 1. The number of hydrogen-bond donors (Lipinski definition) is 1. The molecule has 0 aliphatic carbocycles. The van der Waals surface area contributed by atoms with E-state index in [4.69, 9.17) is 4.74 Å². The fourth-order valence-electron chi connectivity index (χ4n) is 5.10. The van der Waals surface area contributed by atoms with E-state index in [0.29, 0.717) is 38.7 Å². The Hall–Kier alpha value is -4.00. The molecule has 1 saturated heterocycles. The number of halogens is 2. The molecule has 1 N–H and O–H groups in total. The van der Waals surface area contributed by atoms with Crippen LogP contribution in [0.3, 0.4) is 0 Å². The van der Waals surface area contributed by atoms with Gasteiger partial charge in [-0.3, -0.25) is 19.2 Å². The predicted octanol–water partition coefficient (Wildman–Crippen LogP) is 2.65. The van der Waals surface area contributed by atoms with E-state index in [1.807, 2.05) is 28.3 Å². The summed E-state index contributed by atoms with van der Waals surface area (Å²) < 4.78 is 34.0. The number of aryl methyl sites for hydroxylation is 1. The molecule has 11 nitrogen and oxygen atoms in total. The van der Waals surface area contributed by atoms with Crippen LogP contribution in [-0.4, -0.2) is 77.6 Å². The number of fused-ring (bicyclic) bond motifs is 1. The summed E-state index contributed by atoms with van der Waals surface area (Å²) in [4.78, 5) is 42.8. The SMILES string of the molecule is C[C@@H](C(=O)Nc1cnc(Oc2ccc(F)cc2F)cn1)N1CCN(C(=O)[C@@H]2CCn3ncnc3C2)C(C)(C)C1. The molecule has 4 heterocycles. The maximum absolute atomic E-state index is 13.8. The summed E-state index contributed by atoms with van der Waals surface area (Å²) in [6.07, 6.45) is 5.38. The van der Waals surface area contributed by atoms with Gasteiger partial charge in [-0.2, -0.15) is 5.10 Å². The molecule has 0 saturated carbocycles. The highest BCUT2D eigenvalue weighted by Gasteiger charge is 2.42. The van der Waals surface area contributed by atoms with E-state index in [2.05, 4.69) is 25.4 Å². The Morgan fingerprint density at radius 3 is 2.67 bits per heavy atom. The van der Waals surface area contributed by atoms with Crippen molar-refractivity contribution in [1.29, 1.82) is 0 Å². The maximum atomic E-state index is 13.8. The first-order chi connectivity index (χ1) is 18.6. The van der Waals surface area contributed by atoms with E-state index in [-0.39, 0.29) is 35.2 Å². The van der Waals surface area contributed by atoms with Gasteiger partial charge in [0.1, 0.15) is 18.0 Å². The fourth-order valence-corrected chi connectivity index (χ4v) is 5.10. The molecule has 0 spiro atoms. The van der Waals surface area contributed by atoms with Gasteiger partial charge in [-0.15, -0.1) is 0 Å². The second-order valence-corrected chi connectivity index (χ2v) is 10.4. The van der Waals surface area contributed by atoms with Crippen molar-refractivity contribution in [2.75, 3.05) is 25.0 Å². The largest absolute Gasteiger partial charge is 0.434 e. The van der Waals surface area contributed by atoms with Crippen LogP contribution >= 0.6 is 0 Å². The second kappa shape index (κ2) is 10.6. The number of hydrogen-bond acceptors (Lipinski definition) is 8. The lowest BCUT2D eigenvalue weighted by molar-refractivity contribution is -0.147. The number of nitrogens with zero attached hydrogens (tertiary/aromatic N) is 7. The summed E-state index contributed by atoms with van der Waals surface area (Å²) in [5, 5.41) is 6.93. The molecule has 3 aromatic rings. The number of piperazine rings is 1. The molecule has 2 atom stereocenters. The molecule has 2 aliphatic heterocycles. The summed E-state index contributed by atoms with van der Waals surface area (Å²) in [5.41, 5.74) is -0.469. The smallest absolute Gasteiger partial charge is 0.242 e. The molecular weight excluding hydrogens is 510 g/mol. The molecule has 1 fully saturated rings. The summed E-state index contributed by atoms with van der Waals surface area (Å²) in [6.45, 7) is 8.11. The van der Waals surface area contributed by atoms with Gasteiger partial charge in [0.05, 0.1) is 24.0 Å². The third-order valence-electron chi connectivity index (χ3n) is 7.28. The summed E-state index contributed by atoms with van der Waals surface area (Å²) >= 11 is 0.